The molecule has 86 valence electrons. The van der Waals surface area contributed by atoms with Crippen LogP contribution in [0.15, 0.2) is 18.2 Å². The lowest BCUT2D eigenvalue weighted by atomic mass is 9.99. The zero-order valence-electron chi connectivity index (χ0n) is 9.36. The third-order valence-corrected chi connectivity index (χ3v) is 2.63. The van der Waals surface area contributed by atoms with Crippen LogP contribution in [-0.4, -0.2) is 11.7 Å². The molecule has 0 saturated carbocycles. The van der Waals surface area contributed by atoms with Crippen LogP contribution in [0.25, 0.3) is 0 Å². The van der Waals surface area contributed by atoms with Crippen molar-refractivity contribution in [2.45, 2.75) is 32.7 Å². The Morgan fingerprint density at radius 3 is 2.47 bits per heavy atom. The molecule has 1 atom stereocenters. The molecule has 3 N–H and O–H groups in total. The molecular weight excluding hydrogens is 210 g/mol. The van der Waals surface area contributed by atoms with E-state index in [1.54, 1.807) is 0 Å². The predicted molar refractivity (Wildman–Crippen MR) is 66.4 cm³/mol. The second kappa shape index (κ2) is 6.83. The summed E-state index contributed by atoms with van der Waals surface area (Å²) < 4.78 is 0. The Morgan fingerprint density at radius 2 is 1.93 bits per heavy atom. The fraction of sp³-hybridized carbons (Fsp3) is 0.500. The van der Waals surface area contributed by atoms with Gasteiger partial charge in [-0.3, -0.25) is 0 Å². The molecule has 0 amide bonds. The zero-order valence-corrected chi connectivity index (χ0v) is 10.2. The lowest BCUT2D eigenvalue weighted by Crippen LogP contribution is -2.11. The molecule has 3 heteroatoms. The molecule has 0 aliphatic rings. The number of hydrogen-bond acceptors (Lipinski definition) is 2. The summed E-state index contributed by atoms with van der Waals surface area (Å²) in [6, 6.07) is 6.37. The molecule has 0 spiro atoms. The predicted octanol–water partition coefficient (Wildman–Crippen LogP) is 2.50. The molecule has 1 aromatic rings. The first-order chi connectivity index (χ1) is 6.65. The standard InChI is InChI=1S/C12H19NO.ClH/c1-9-5-6-11(8-10(9)2)12(13)4-3-7-14;/h5-6,8,12,14H,3-4,7,13H2,1-2H3;1H/t12-;/m0./s1. The minimum Gasteiger partial charge on any atom is -0.396 e. The summed E-state index contributed by atoms with van der Waals surface area (Å²) >= 11 is 0. The second-order valence-electron chi connectivity index (χ2n) is 3.82. The number of benzene rings is 1. The molecule has 0 aliphatic heterocycles. The van der Waals surface area contributed by atoms with Gasteiger partial charge < -0.3 is 10.8 Å². The number of hydrogen-bond donors (Lipinski definition) is 2. The fourth-order valence-corrected chi connectivity index (χ4v) is 1.47. The highest BCUT2D eigenvalue weighted by molar-refractivity contribution is 5.85. The monoisotopic (exact) mass is 229 g/mol. The lowest BCUT2D eigenvalue weighted by molar-refractivity contribution is 0.280. The molecule has 1 aromatic carbocycles. The van der Waals surface area contributed by atoms with E-state index in [2.05, 4.69) is 32.0 Å². The van der Waals surface area contributed by atoms with Crippen molar-refractivity contribution < 1.29 is 5.11 Å². The normalized spacial score (nSPS) is 12.0. The summed E-state index contributed by atoms with van der Waals surface area (Å²) in [5.74, 6) is 0. The van der Waals surface area contributed by atoms with Crippen LogP contribution < -0.4 is 5.73 Å². The summed E-state index contributed by atoms with van der Waals surface area (Å²) in [6.07, 6.45) is 1.62. The van der Waals surface area contributed by atoms with Crippen molar-refractivity contribution in [3.8, 4) is 0 Å². The number of rotatable bonds is 4. The van der Waals surface area contributed by atoms with Crippen LogP contribution in [-0.2, 0) is 0 Å². The maximum atomic E-state index is 8.71. The smallest absolute Gasteiger partial charge is 0.0431 e. The van der Waals surface area contributed by atoms with E-state index in [0.29, 0.717) is 0 Å². The van der Waals surface area contributed by atoms with Gasteiger partial charge in [-0.25, -0.2) is 0 Å². The topological polar surface area (TPSA) is 46.2 Å². The SMILES string of the molecule is Cc1ccc([C@@H](N)CCCO)cc1C.Cl. The van der Waals surface area contributed by atoms with E-state index in [1.165, 1.54) is 16.7 Å². The van der Waals surface area contributed by atoms with Gasteiger partial charge in [0.1, 0.15) is 0 Å². The largest absolute Gasteiger partial charge is 0.396 e. The molecular formula is C12H20ClNO. The van der Waals surface area contributed by atoms with Crippen LogP contribution in [0.3, 0.4) is 0 Å². The van der Waals surface area contributed by atoms with Gasteiger partial charge >= 0.3 is 0 Å². The summed E-state index contributed by atoms with van der Waals surface area (Å²) in [5.41, 5.74) is 9.73. The highest BCUT2D eigenvalue weighted by Crippen LogP contribution is 2.18. The maximum Gasteiger partial charge on any atom is 0.0431 e. The Kier molecular flexibility index (Phi) is 6.57. The van der Waals surface area contributed by atoms with Crippen molar-refractivity contribution in [2.24, 2.45) is 5.73 Å². The number of aliphatic hydroxyl groups excluding tert-OH is 1. The molecule has 0 fully saturated rings. The number of nitrogens with two attached hydrogens (primary N) is 1. The van der Waals surface area contributed by atoms with Crippen molar-refractivity contribution in [3.63, 3.8) is 0 Å². The summed E-state index contributed by atoms with van der Waals surface area (Å²) in [7, 11) is 0. The number of aliphatic hydroxyl groups is 1. The van der Waals surface area contributed by atoms with Crippen molar-refractivity contribution in [1.29, 1.82) is 0 Å². The first-order valence-corrected chi connectivity index (χ1v) is 5.08. The van der Waals surface area contributed by atoms with Crippen LogP contribution >= 0.6 is 12.4 Å². The van der Waals surface area contributed by atoms with Gasteiger partial charge in [-0.05, 0) is 43.4 Å². The summed E-state index contributed by atoms with van der Waals surface area (Å²) in [4.78, 5) is 0. The molecule has 1 rings (SSSR count). The molecule has 2 nitrogen and oxygen atoms in total. The second-order valence-corrected chi connectivity index (χ2v) is 3.82. The Labute approximate surface area is 97.9 Å². The lowest BCUT2D eigenvalue weighted by Gasteiger charge is -2.12. The molecule has 15 heavy (non-hydrogen) atoms. The molecule has 0 unspecified atom stereocenters. The molecule has 0 radical (unpaired) electrons. The van der Waals surface area contributed by atoms with E-state index in [-0.39, 0.29) is 25.1 Å². The van der Waals surface area contributed by atoms with Crippen LogP contribution in [0.5, 0.6) is 0 Å². The van der Waals surface area contributed by atoms with E-state index in [9.17, 15) is 0 Å². The summed E-state index contributed by atoms with van der Waals surface area (Å²) in [5, 5.41) is 8.71. The molecule has 0 saturated heterocycles. The highest BCUT2D eigenvalue weighted by atomic mass is 35.5. The first-order valence-electron chi connectivity index (χ1n) is 5.08. The molecule has 0 heterocycles. The van der Waals surface area contributed by atoms with Crippen molar-refractivity contribution in [3.05, 3.63) is 34.9 Å². The number of aryl methyl sites for hydroxylation is 2. The minimum absolute atomic E-state index is 0. The molecule has 0 bridgehead atoms. The number of halogens is 1. The van der Waals surface area contributed by atoms with E-state index in [1.807, 2.05) is 0 Å². The third-order valence-electron chi connectivity index (χ3n) is 2.63. The van der Waals surface area contributed by atoms with Crippen LogP contribution in [0.2, 0.25) is 0 Å². The van der Waals surface area contributed by atoms with Gasteiger partial charge in [-0.1, -0.05) is 18.2 Å². The quantitative estimate of drug-likeness (QED) is 0.834. The Morgan fingerprint density at radius 1 is 1.27 bits per heavy atom. The average Bonchev–Trinajstić information content (AvgIpc) is 2.18. The summed E-state index contributed by atoms with van der Waals surface area (Å²) in [6.45, 7) is 4.41. The Balaban J connectivity index is 0.00000196. The Hall–Kier alpha value is -0.570. The fourth-order valence-electron chi connectivity index (χ4n) is 1.47. The van der Waals surface area contributed by atoms with Crippen LogP contribution in [0.4, 0.5) is 0 Å². The van der Waals surface area contributed by atoms with Gasteiger partial charge in [0, 0.05) is 12.6 Å². The van der Waals surface area contributed by atoms with Gasteiger partial charge in [0.2, 0.25) is 0 Å². The zero-order chi connectivity index (χ0) is 10.6. The first kappa shape index (κ1) is 14.4. The average molecular weight is 230 g/mol. The van der Waals surface area contributed by atoms with Gasteiger partial charge in [0.25, 0.3) is 0 Å². The van der Waals surface area contributed by atoms with Crippen molar-refractivity contribution >= 4 is 12.4 Å². The van der Waals surface area contributed by atoms with E-state index in [0.717, 1.165) is 12.8 Å². The van der Waals surface area contributed by atoms with E-state index < -0.39 is 0 Å². The van der Waals surface area contributed by atoms with Gasteiger partial charge in [0.05, 0.1) is 0 Å². The van der Waals surface area contributed by atoms with Crippen LogP contribution in [0, 0.1) is 13.8 Å². The molecule has 0 aromatic heterocycles. The minimum atomic E-state index is 0. The highest BCUT2D eigenvalue weighted by Gasteiger charge is 2.05. The van der Waals surface area contributed by atoms with Gasteiger partial charge in [-0.2, -0.15) is 0 Å². The van der Waals surface area contributed by atoms with Crippen molar-refractivity contribution in [2.75, 3.05) is 6.61 Å². The van der Waals surface area contributed by atoms with Crippen LogP contribution in [0.1, 0.15) is 35.6 Å². The van der Waals surface area contributed by atoms with E-state index in [4.69, 9.17) is 10.8 Å². The third kappa shape index (κ3) is 4.20. The van der Waals surface area contributed by atoms with E-state index >= 15 is 0 Å². The maximum absolute atomic E-state index is 8.71. The Bertz CT molecular complexity index is 302. The van der Waals surface area contributed by atoms with Gasteiger partial charge in [-0.15, -0.1) is 12.4 Å². The van der Waals surface area contributed by atoms with Crippen molar-refractivity contribution in [1.82, 2.24) is 0 Å². The van der Waals surface area contributed by atoms with Gasteiger partial charge in [0.15, 0.2) is 0 Å². The molecule has 0 aliphatic carbocycles.